The van der Waals surface area contributed by atoms with Crippen LogP contribution in [0.4, 0.5) is 0 Å². The van der Waals surface area contributed by atoms with E-state index in [9.17, 15) is 4.79 Å². The summed E-state index contributed by atoms with van der Waals surface area (Å²) in [5.74, 6) is -0.488. The van der Waals surface area contributed by atoms with Gasteiger partial charge in [-0.25, -0.2) is 0 Å². The predicted octanol–water partition coefficient (Wildman–Crippen LogP) is 0.466. The van der Waals surface area contributed by atoms with Crippen molar-refractivity contribution < 1.29 is 14.3 Å². The molecule has 0 radical (unpaired) electrons. The summed E-state index contributed by atoms with van der Waals surface area (Å²) >= 11 is 4.94. The molecule has 6 heteroatoms. The highest BCUT2D eigenvalue weighted by molar-refractivity contribution is 7.80. The van der Waals surface area contributed by atoms with Gasteiger partial charge < -0.3 is 20.5 Å². The first kappa shape index (κ1) is 15.3. The highest BCUT2D eigenvalue weighted by Gasteiger charge is 2.36. The second kappa shape index (κ2) is 6.45. The van der Waals surface area contributed by atoms with Crippen molar-refractivity contribution in [3.05, 3.63) is 0 Å². The lowest BCUT2D eigenvalue weighted by Gasteiger charge is -2.27. The summed E-state index contributed by atoms with van der Waals surface area (Å²) < 4.78 is 10.8. The van der Waals surface area contributed by atoms with Gasteiger partial charge in [-0.1, -0.05) is 26.1 Å². The van der Waals surface area contributed by atoms with Gasteiger partial charge in [0.1, 0.15) is 5.60 Å². The number of methoxy groups -OCH3 is 1. The molecule has 1 aliphatic heterocycles. The van der Waals surface area contributed by atoms with E-state index in [2.05, 4.69) is 5.32 Å². The Balaban J connectivity index is 2.56. The second-order valence-electron chi connectivity index (χ2n) is 5.03. The quantitative estimate of drug-likeness (QED) is 0.689. The molecule has 104 valence electrons. The van der Waals surface area contributed by atoms with Crippen LogP contribution >= 0.6 is 12.2 Å². The molecule has 0 bridgehead atoms. The molecular formula is C12H22N2O3S. The lowest BCUT2D eigenvalue weighted by atomic mass is 9.94. The van der Waals surface area contributed by atoms with Crippen molar-refractivity contribution in [1.82, 2.24) is 5.32 Å². The third-order valence-corrected chi connectivity index (χ3v) is 3.59. The normalized spacial score (nSPS) is 25.1. The molecule has 2 atom stereocenters. The Morgan fingerprint density at radius 2 is 2.28 bits per heavy atom. The Kier molecular flexibility index (Phi) is 5.49. The van der Waals surface area contributed by atoms with Gasteiger partial charge in [0.2, 0.25) is 5.91 Å². The molecule has 1 aliphatic rings. The molecule has 0 aromatic carbocycles. The van der Waals surface area contributed by atoms with E-state index >= 15 is 0 Å². The van der Waals surface area contributed by atoms with E-state index in [0.29, 0.717) is 19.8 Å². The molecule has 1 amide bonds. The Morgan fingerprint density at radius 1 is 1.61 bits per heavy atom. The summed E-state index contributed by atoms with van der Waals surface area (Å²) in [6.07, 6.45) is 0.781. The molecule has 5 nitrogen and oxygen atoms in total. The fraction of sp³-hybridized carbons (Fsp3) is 0.833. The van der Waals surface area contributed by atoms with Crippen molar-refractivity contribution in [1.29, 1.82) is 0 Å². The molecule has 1 rings (SSSR count). The number of carbonyl (C=O) groups excluding carboxylic acids is 1. The molecule has 0 aromatic rings. The standard InChI is InChI=1S/C12H22N2O3S/c1-8(2)9(10(13)18)11(15)14-6-12(16-3)4-5-17-7-12/h8-9H,4-7H2,1-3H3,(H2,13,18)(H,14,15). The Hall–Kier alpha value is -0.720. The van der Waals surface area contributed by atoms with E-state index in [1.807, 2.05) is 13.8 Å². The van der Waals surface area contributed by atoms with Crippen molar-refractivity contribution >= 4 is 23.1 Å². The van der Waals surface area contributed by atoms with Gasteiger partial charge in [-0.15, -0.1) is 0 Å². The minimum Gasteiger partial charge on any atom is -0.393 e. The zero-order valence-electron chi connectivity index (χ0n) is 11.2. The molecule has 0 aromatic heterocycles. The molecule has 0 saturated carbocycles. The van der Waals surface area contributed by atoms with E-state index in [0.717, 1.165) is 6.42 Å². The fourth-order valence-corrected chi connectivity index (χ4v) is 2.46. The van der Waals surface area contributed by atoms with Crippen molar-refractivity contribution in [3.8, 4) is 0 Å². The zero-order chi connectivity index (χ0) is 13.8. The summed E-state index contributed by atoms with van der Waals surface area (Å²) in [7, 11) is 1.63. The number of hydrogen-bond acceptors (Lipinski definition) is 4. The van der Waals surface area contributed by atoms with Gasteiger partial charge in [-0.3, -0.25) is 4.79 Å². The first-order valence-corrected chi connectivity index (χ1v) is 6.52. The number of hydrogen-bond donors (Lipinski definition) is 2. The third-order valence-electron chi connectivity index (χ3n) is 3.34. The van der Waals surface area contributed by atoms with Gasteiger partial charge in [0.05, 0.1) is 17.5 Å². The van der Waals surface area contributed by atoms with E-state index < -0.39 is 11.5 Å². The highest BCUT2D eigenvalue weighted by Crippen LogP contribution is 2.22. The summed E-state index contributed by atoms with van der Waals surface area (Å²) in [5, 5.41) is 2.87. The topological polar surface area (TPSA) is 73.6 Å². The lowest BCUT2D eigenvalue weighted by molar-refractivity contribution is -0.125. The largest absolute Gasteiger partial charge is 0.393 e. The molecule has 0 spiro atoms. The Morgan fingerprint density at radius 3 is 2.67 bits per heavy atom. The monoisotopic (exact) mass is 274 g/mol. The van der Waals surface area contributed by atoms with Crippen LogP contribution in [0.5, 0.6) is 0 Å². The number of nitrogens with two attached hydrogens (primary N) is 1. The van der Waals surface area contributed by atoms with Gasteiger partial charge in [0.25, 0.3) is 0 Å². The first-order valence-electron chi connectivity index (χ1n) is 6.12. The van der Waals surface area contributed by atoms with Gasteiger partial charge in [-0.2, -0.15) is 0 Å². The van der Waals surface area contributed by atoms with E-state index in [-0.39, 0.29) is 16.8 Å². The molecule has 0 aliphatic carbocycles. The first-order chi connectivity index (χ1) is 8.42. The molecule has 18 heavy (non-hydrogen) atoms. The van der Waals surface area contributed by atoms with Crippen LogP contribution in [0, 0.1) is 11.8 Å². The van der Waals surface area contributed by atoms with Gasteiger partial charge in [0, 0.05) is 26.7 Å². The summed E-state index contributed by atoms with van der Waals surface area (Å²) in [6.45, 7) is 5.44. The smallest absolute Gasteiger partial charge is 0.230 e. The number of thiocarbonyl (C=S) groups is 1. The molecule has 2 unspecified atom stereocenters. The maximum Gasteiger partial charge on any atom is 0.230 e. The van der Waals surface area contributed by atoms with Crippen molar-refractivity contribution in [2.24, 2.45) is 17.6 Å². The zero-order valence-corrected chi connectivity index (χ0v) is 12.0. The minimum absolute atomic E-state index is 0.0841. The molecule has 1 saturated heterocycles. The van der Waals surface area contributed by atoms with Crippen LogP contribution in [0.25, 0.3) is 0 Å². The van der Waals surface area contributed by atoms with Gasteiger partial charge >= 0.3 is 0 Å². The maximum atomic E-state index is 12.1. The summed E-state index contributed by atoms with van der Waals surface area (Å²) in [6, 6.07) is 0. The number of amides is 1. The SMILES string of the molecule is COC1(CNC(=O)C(C(N)=S)C(C)C)CCOC1. The van der Waals surface area contributed by atoms with Crippen LogP contribution in [0.3, 0.4) is 0 Å². The Labute approximate surface area is 113 Å². The van der Waals surface area contributed by atoms with E-state index in [1.54, 1.807) is 7.11 Å². The average Bonchev–Trinajstić information content (AvgIpc) is 2.74. The molecule has 1 fully saturated rings. The molecule has 3 N–H and O–H groups in total. The van der Waals surface area contributed by atoms with Crippen LogP contribution in [0.2, 0.25) is 0 Å². The average molecular weight is 274 g/mol. The highest BCUT2D eigenvalue weighted by atomic mass is 32.1. The molecular weight excluding hydrogens is 252 g/mol. The van der Waals surface area contributed by atoms with E-state index in [4.69, 9.17) is 27.4 Å². The Bertz CT molecular complexity index is 314. The van der Waals surface area contributed by atoms with Crippen molar-refractivity contribution in [3.63, 3.8) is 0 Å². The number of ether oxygens (including phenoxy) is 2. The summed E-state index contributed by atoms with van der Waals surface area (Å²) in [4.78, 5) is 12.3. The van der Waals surface area contributed by atoms with Crippen LogP contribution in [0.15, 0.2) is 0 Å². The number of carbonyl (C=O) groups is 1. The maximum absolute atomic E-state index is 12.1. The van der Waals surface area contributed by atoms with Crippen molar-refractivity contribution in [2.45, 2.75) is 25.9 Å². The van der Waals surface area contributed by atoms with Crippen LogP contribution in [0.1, 0.15) is 20.3 Å². The number of nitrogens with one attached hydrogen (secondary N) is 1. The minimum atomic E-state index is -0.434. The van der Waals surface area contributed by atoms with Crippen LogP contribution in [-0.2, 0) is 14.3 Å². The third kappa shape index (κ3) is 3.63. The van der Waals surface area contributed by atoms with Crippen LogP contribution < -0.4 is 11.1 Å². The number of rotatable bonds is 6. The van der Waals surface area contributed by atoms with Gasteiger partial charge in [0.15, 0.2) is 0 Å². The summed E-state index contributed by atoms with van der Waals surface area (Å²) in [5.41, 5.74) is 5.19. The lowest BCUT2D eigenvalue weighted by Crippen LogP contribution is -2.49. The predicted molar refractivity (Wildman–Crippen MR) is 73.3 cm³/mol. The molecule has 1 heterocycles. The second-order valence-corrected chi connectivity index (χ2v) is 5.50. The van der Waals surface area contributed by atoms with E-state index in [1.165, 1.54) is 0 Å². The van der Waals surface area contributed by atoms with Gasteiger partial charge in [-0.05, 0) is 5.92 Å². The fourth-order valence-electron chi connectivity index (χ4n) is 2.08. The van der Waals surface area contributed by atoms with Crippen molar-refractivity contribution in [2.75, 3.05) is 26.9 Å². The van der Waals surface area contributed by atoms with Crippen LogP contribution in [-0.4, -0.2) is 43.4 Å².